The molecule has 5 aromatic heterocycles. The van der Waals surface area contributed by atoms with E-state index in [0.717, 1.165) is 49.1 Å². The van der Waals surface area contributed by atoms with Crippen LogP contribution in [-0.2, 0) is 19.6 Å². The monoisotopic (exact) mass is 915 g/mol. The third-order valence-corrected chi connectivity index (χ3v) is 10.7. The van der Waals surface area contributed by atoms with Crippen molar-refractivity contribution in [3.8, 4) is 0 Å². The highest BCUT2D eigenvalue weighted by Crippen LogP contribution is 2.24. The van der Waals surface area contributed by atoms with Gasteiger partial charge in [0.2, 0.25) is 0 Å². The molecule has 0 saturated carbocycles. The van der Waals surface area contributed by atoms with Crippen molar-refractivity contribution in [2.75, 3.05) is 32.1 Å². The van der Waals surface area contributed by atoms with E-state index >= 15 is 0 Å². The van der Waals surface area contributed by atoms with E-state index in [-0.39, 0.29) is 0 Å². The van der Waals surface area contributed by atoms with Crippen molar-refractivity contribution in [2.45, 2.75) is 205 Å². The molecular formula is C54H94N10O2. The predicted molar refractivity (Wildman–Crippen MR) is 277 cm³/mol. The van der Waals surface area contributed by atoms with Crippen molar-refractivity contribution < 1.29 is 9.63 Å². The smallest absolute Gasteiger partial charge is 0.139 e. The van der Waals surface area contributed by atoms with Crippen LogP contribution < -0.4 is 4.90 Å². The molecule has 1 saturated heterocycles. The summed E-state index contributed by atoms with van der Waals surface area (Å²) in [5, 5.41) is 26.7. The van der Waals surface area contributed by atoms with Crippen LogP contribution in [0.5, 0.6) is 0 Å². The molecule has 1 atom stereocenters. The molecule has 1 N–H and O–H groups in total. The number of hydrogen-bond donors (Lipinski definition) is 1. The number of piperidine rings is 1. The lowest BCUT2D eigenvalue weighted by Gasteiger charge is -2.37. The maximum Gasteiger partial charge on any atom is 0.139 e. The average Bonchev–Trinajstić information content (AvgIpc) is 4.03. The maximum absolute atomic E-state index is 9.56. The molecular weight excluding hydrogens is 821 g/mol. The van der Waals surface area contributed by atoms with E-state index in [1.54, 1.807) is 18.5 Å². The van der Waals surface area contributed by atoms with E-state index in [4.69, 9.17) is 4.52 Å². The van der Waals surface area contributed by atoms with Crippen LogP contribution in [0, 0.1) is 17.8 Å². The summed E-state index contributed by atoms with van der Waals surface area (Å²) < 4.78 is 10.8. The molecule has 1 unspecified atom stereocenters. The Morgan fingerprint density at radius 3 is 1.42 bits per heavy atom. The fraction of sp³-hybridized carbons (Fsp3) is 0.685. The normalized spacial score (nSPS) is 14.5. The lowest BCUT2D eigenvalue weighted by atomic mass is 9.97. The molecule has 66 heavy (non-hydrogen) atoms. The number of likely N-dealkylation sites (N-methyl/N-ethyl adjacent to an activating group) is 1. The Labute approximate surface area is 402 Å². The van der Waals surface area contributed by atoms with E-state index in [1.807, 2.05) is 40.8 Å². The first kappa shape index (κ1) is 57.8. The van der Waals surface area contributed by atoms with E-state index in [1.165, 1.54) is 29.8 Å². The number of anilines is 1. The van der Waals surface area contributed by atoms with Crippen LogP contribution in [0.15, 0.2) is 65.7 Å². The Hall–Kier alpha value is -4.29. The number of aromatic nitrogens is 8. The van der Waals surface area contributed by atoms with Gasteiger partial charge in [0.25, 0.3) is 0 Å². The van der Waals surface area contributed by atoms with Crippen LogP contribution in [0.3, 0.4) is 0 Å². The molecule has 5 aromatic rings. The Morgan fingerprint density at radius 2 is 1.11 bits per heavy atom. The first-order chi connectivity index (χ1) is 30.4. The minimum Gasteiger partial charge on any atom is -0.389 e. The van der Waals surface area contributed by atoms with Crippen molar-refractivity contribution in [3.05, 3.63) is 95.3 Å². The summed E-state index contributed by atoms with van der Waals surface area (Å²) in [5.41, 5.74) is 5.70. The minimum absolute atomic E-state index is 0.306. The van der Waals surface area contributed by atoms with Gasteiger partial charge in [0.1, 0.15) is 11.6 Å². The van der Waals surface area contributed by atoms with Gasteiger partial charge in [0.05, 0.1) is 34.9 Å². The molecule has 0 spiro atoms. The zero-order chi connectivity index (χ0) is 50.2. The average molecular weight is 915 g/mol. The maximum atomic E-state index is 9.56. The fourth-order valence-electron chi connectivity index (χ4n) is 6.89. The highest BCUT2D eigenvalue weighted by atomic mass is 16.5. The molecule has 1 aliphatic heterocycles. The Morgan fingerprint density at radius 1 is 0.652 bits per heavy atom. The highest BCUT2D eigenvalue weighted by Gasteiger charge is 2.23. The Balaban J connectivity index is 0.000000288. The van der Waals surface area contributed by atoms with Gasteiger partial charge in [-0.3, -0.25) is 14.0 Å². The third-order valence-electron chi connectivity index (χ3n) is 10.7. The lowest BCUT2D eigenvalue weighted by molar-refractivity contribution is 0.0576. The van der Waals surface area contributed by atoms with Crippen LogP contribution in [0.25, 0.3) is 0 Å². The van der Waals surface area contributed by atoms with Gasteiger partial charge in [-0.1, -0.05) is 116 Å². The molecule has 0 amide bonds. The van der Waals surface area contributed by atoms with Gasteiger partial charge in [-0.15, -0.1) is 0 Å². The molecule has 0 bridgehead atoms. The first-order valence-corrected chi connectivity index (χ1v) is 24.6. The predicted octanol–water partition coefficient (Wildman–Crippen LogP) is 12.7. The number of aryl methyl sites for hydroxylation is 1. The largest absolute Gasteiger partial charge is 0.389 e. The summed E-state index contributed by atoms with van der Waals surface area (Å²) in [7, 11) is 4.35. The second kappa shape index (κ2) is 26.3. The van der Waals surface area contributed by atoms with Crippen LogP contribution in [0.4, 0.5) is 5.82 Å². The Kier molecular flexibility index (Phi) is 23.1. The molecule has 1 aliphatic rings. The topological polar surface area (TPSA) is 119 Å². The highest BCUT2D eigenvalue weighted by molar-refractivity contribution is 5.42. The molecule has 372 valence electrons. The van der Waals surface area contributed by atoms with E-state index < -0.39 is 5.60 Å². The number of pyridine rings is 1. The molecule has 0 radical (unpaired) electrons. The van der Waals surface area contributed by atoms with Gasteiger partial charge >= 0.3 is 0 Å². The van der Waals surface area contributed by atoms with E-state index in [2.05, 4.69) is 197 Å². The summed E-state index contributed by atoms with van der Waals surface area (Å²) in [6.07, 6.45) is 10.6. The Bertz CT molecular complexity index is 1920. The third kappa shape index (κ3) is 22.9. The first-order valence-electron chi connectivity index (χ1n) is 24.6. The SMILES string of the molecule is CC(C)c1ccn(CC(C)(C)C)n1.CC(C)c1ccn(CC(C)(C)C)n1.CC(C)c1ccn(CC(C)(C)O)n1.CC(C)c1ccnc(N2CCCC(N(C)C)C2)c1.Cc1cc(C(C)C)on1. The van der Waals surface area contributed by atoms with Crippen LogP contribution in [0.2, 0.25) is 0 Å². The summed E-state index contributed by atoms with van der Waals surface area (Å²) in [4.78, 5) is 9.31. The number of aliphatic hydroxyl groups is 1. The van der Waals surface area contributed by atoms with Crippen molar-refractivity contribution in [2.24, 2.45) is 10.8 Å². The summed E-state index contributed by atoms with van der Waals surface area (Å²) >= 11 is 0. The van der Waals surface area contributed by atoms with Gasteiger partial charge in [-0.25, -0.2) is 4.98 Å². The summed E-state index contributed by atoms with van der Waals surface area (Å²) in [5.74, 6) is 4.64. The standard InChI is InChI=1S/C15H25N3.2C11H20N2.C10H18N2O.C7H11NO/c1-12(2)13-7-8-16-15(10-13)18-9-5-6-14(11-18)17(3)4;2*1-9(2)10-6-7-13(12-10)8-11(3,4)5;1-8(2)9-5-6-12(11-9)7-10(3,4)13;1-5(2)7-4-6(3)8-9-7/h7-8,10,12,14H,5-6,9,11H2,1-4H3;2*6-7,9H,8H2,1-5H3;5-6,8,13H,7H2,1-4H3;4-5H,1-3H3. The molecule has 12 heteroatoms. The fourth-order valence-corrected chi connectivity index (χ4v) is 6.89. The molecule has 12 nitrogen and oxygen atoms in total. The van der Waals surface area contributed by atoms with Gasteiger partial charge in [-0.05, 0) is 118 Å². The molecule has 6 rings (SSSR count). The van der Waals surface area contributed by atoms with Crippen molar-refractivity contribution in [1.82, 2.24) is 44.4 Å². The second-order valence-corrected chi connectivity index (χ2v) is 23.0. The molecule has 0 aromatic carbocycles. The zero-order valence-corrected chi connectivity index (χ0v) is 45.5. The van der Waals surface area contributed by atoms with Crippen LogP contribution in [0.1, 0.15) is 201 Å². The van der Waals surface area contributed by atoms with Gasteiger partial charge in [-0.2, -0.15) is 15.3 Å². The summed E-state index contributed by atoms with van der Waals surface area (Å²) in [6, 6.07) is 13.2. The number of hydrogen-bond acceptors (Lipinski definition) is 9. The van der Waals surface area contributed by atoms with Crippen LogP contribution in [-0.4, -0.2) is 88.3 Å². The van der Waals surface area contributed by atoms with Crippen molar-refractivity contribution in [1.29, 1.82) is 0 Å². The van der Waals surface area contributed by atoms with Crippen molar-refractivity contribution >= 4 is 5.82 Å². The van der Waals surface area contributed by atoms with Gasteiger partial charge in [0, 0.05) is 69.0 Å². The zero-order valence-electron chi connectivity index (χ0n) is 45.5. The van der Waals surface area contributed by atoms with Crippen LogP contribution >= 0.6 is 0 Å². The van der Waals surface area contributed by atoms with Gasteiger partial charge in [0.15, 0.2) is 0 Å². The molecule has 0 aliphatic carbocycles. The summed E-state index contributed by atoms with van der Waals surface area (Å²) in [6.45, 7) is 45.1. The van der Waals surface area contributed by atoms with Gasteiger partial charge < -0.3 is 19.4 Å². The quantitative estimate of drug-likeness (QED) is 0.138. The molecule has 6 heterocycles. The molecule has 1 fully saturated rings. The second-order valence-electron chi connectivity index (χ2n) is 23.0. The minimum atomic E-state index is -0.694. The van der Waals surface area contributed by atoms with E-state index in [0.29, 0.717) is 53.0 Å². The lowest BCUT2D eigenvalue weighted by Crippen LogP contribution is -2.45. The number of rotatable bonds is 11. The number of nitrogens with zero attached hydrogens (tertiary/aromatic N) is 10. The van der Waals surface area contributed by atoms with E-state index in [9.17, 15) is 5.11 Å². The van der Waals surface area contributed by atoms with Crippen molar-refractivity contribution in [3.63, 3.8) is 0 Å².